The molecule has 0 aromatic heterocycles. The lowest BCUT2D eigenvalue weighted by molar-refractivity contribution is 0.184. The van der Waals surface area contributed by atoms with Gasteiger partial charge in [0.1, 0.15) is 0 Å². The molecule has 0 bridgehead atoms. The van der Waals surface area contributed by atoms with Gasteiger partial charge in [0.2, 0.25) is 10.0 Å². The molecule has 1 heterocycles. The van der Waals surface area contributed by atoms with Crippen molar-refractivity contribution in [2.75, 3.05) is 31.5 Å². The van der Waals surface area contributed by atoms with E-state index in [1.807, 2.05) is 19.1 Å². The van der Waals surface area contributed by atoms with Crippen LogP contribution in [0.2, 0.25) is 0 Å². The van der Waals surface area contributed by atoms with Crippen molar-refractivity contribution in [2.45, 2.75) is 18.7 Å². The van der Waals surface area contributed by atoms with Gasteiger partial charge in [0.25, 0.3) is 0 Å². The van der Waals surface area contributed by atoms with E-state index in [4.69, 9.17) is 5.26 Å². The van der Waals surface area contributed by atoms with Crippen molar-refractivity contribution in [3.8, 4) is 6.07 Å². The molecule has 1 N–H and O–H groups in total. The summed E-state index contributed by atoms with van der Waals surface area (Å²) >= 11 is 0. The first-order valence-corrected chi connectivity index (χ1v) is 10.4. The van der Waals surface area contributed by atoms with Gasteiger partial charge in [0.15, 0.2) is 0 Å². The highest BCUT2D eigenvalue weighted by Gasteiger charge is 2.31. The molecule has 2 aromatic rings. The number of amides is 2. The van der Waals surface area contributed by atoms with Gasteiger partial charge < -0.3 is 10.2 Å². The second-order valence-electron chi connectivity index (χ2n) is 6.78. The topological polar surface area (TPSA) is 93.5 Å². The third-order valence-corrected chi connectivity index (χ3v) is 6.80. The Hall–Kier alpha value is -2.89. The van der Waals surface area contributed by atoms with Gasteiger partial charge in [-0.25, -0.2) is 13.2 Å². The number of urea groups is 1. The van der Waals surface area contributed by atoms with E-state index >= 15 is 0 Å². The van der Waals surface area contributed by atoms with Crippen molar-refractivity contribution >= 4 is 21.7 Å². The smallest absolute Gasteiger partial charge is 0.321 e. The summed E-state index contributed by atoms with van der Waals surface area (Å²) in [5, 5.41) is 11.6. The Kier molecular flexibility index (Phi) is 5.68. The first-order chi connectivity index (χ1) is 13.3. The average molecular weight is 398 g/mol. The third kappa shape index (κ3) is 4.16. The van der Waals surface area contributed by atoms with Gasteiger partial charge in [-0.2, -0.15) is 9.57 Å². The molecule has 2 amide bonds. The van der Waals surface area contributed by atoms with Crippen LogP contribution < -0.4 is 5.32 Å². The quantitative estimate of drug-likeness (QED) is 0.860. The molecular weight excluding hydrogens is 376 g/mol. The Bertz CT molecular complexity index is 1020. The Morgan fingerprint density at radius 1 is 1.04 bits per heavy atom. The van der Waals surface area contributed by atoms with Gasteiger partial charge in [-0.05, 0) is 49.7 Å². The Balaban J connectivity index is 1.63. The molecular formula is C20H22N4O3S. The molecule has 0 aliphatic carbocycles. The van der Waals surface area contributed by atoms with Crippen LogP contribution in [0.3, 0.4) is 0 Å². The number of anilines is 1. The van der Waals surface area contributed by atoms with Crippen LogP contribution in [0.15, 0.2) is 47.4 Å². The second kappa shape index (κ2) is 8.00. The van der Waals surface area contributed by atoms with Gasteiger partial charge >= 0.3 is 6.03 Å². The lowest BCUT2D eigenvalue weighted by atomic mass is 10.2. The van der Waals surface area contributed by atoms with Gasteiger partial charge in [-0.1, -0.05) is 17.7 Å². The maximum absolute atomic E-state index is 12.9. The first-order valence-electron chi connectivity index (χ1n) is 8.95. The highest BCUT2D eigenvalue weighted by atomic mass is 32.2. The average Bonchev–Trinajstić information content (AvgIpc) is 2.68. The summed E-state index contributed by atoms with van der Waals surface area (Å²) in [5.74, 6) is 0. The number of benzene rings is 2. The van der Waals surface area contributed by atoms with Crippen LogP contribution in [0.25, 0.3) is 0 Å². The van der Waals surface area contributed by atoms with Crippen molar-refractivity contribution in [1.29, 1.82) is 5.26 Å². The van der Waals surface area contributed by atoms with Gasteiger partial charge in [0.05, 0.1) is 16.5 Å². The van der Waals surface area contributed by atoms with E-state index in [1.165, 1.54) is 4.31 Å². The summed E-state index contributed by atoms with van der Waals surface area (Å²) in [4.78, 5) is 14.3. The molecule has 1 aliphatic heterocycles. The lowest BCUT2D eigenvalue weighted by Crippen LogP contribution is -2.51. The Morgan fingerprint density at radius 3 is 2.25 bits per heavy atom. The highest BCUT2D eigenvalue weighted by Crippen LogP contribution is 2.22. The zero-order valence-corrected chi connectivity index (χ0v) is 16.7. The number of carbonyl (C=O) groups is 1. The summed E-state index contributed by atoms with van der Waals surface area (Å²) in [6.07, 6.45) is 0. The largest absolute Gasteiger partial charge is 0.322 e. The van der Waals surface area contributed by atoms with E-state index in [0.29, 0.717) is 29.2 Å². The molecule has 7 nitrogen and oxygen atoms in total. The minimum absolute atomic E-state index is 0.246. The van der Waals surface area contributed by atoms with Crippen molar-refractivity contribution in [3.63, 3.8) is 0 Å². The van der Waals surface area contributed by atoms with Crippen LogP contribution in [0.5, 0.6) is 0 Å². The standard InChI is InChI=1S/C20H22N4O3S/c1-15-3-8-19(16(2)13-15)28(26,27)24-11-9-23(10-12-24)20(25)22-18-6-4-17(14-21)5-7-18/h3-8,13H,9-12H2,1-2H3,(H,22,25). The van der Waals surface area contributed by atoms with Crippen LogP contribution in [-0.2, 0) is 10.0 Å². The summed E-state index contributed by atoms with van der Waals surface area (Å²) in [7, 11) is -3.58. The van der Waals surface area contributed by atoms with E-state index in [-0.39, 0.29) is 19.1 Å². The van der Waals surface area contributed by atoms with Crippen LogP contribution in [0.4, 0.5) is 10.5 Å². The Labute approximate surface area is 165 Å². The minimum Gasteiger partial charge on any atom is -0.322 e. The van der Waals surface area contributed by atoms with Gasteiger partial charge in [0, 0.05) is 31.9 Å². The number of nitriles is 1. The number of nitrogens with zero attached hydrogens (tertiary/aromatic N) is 3. The van der Waals surface area contributed by atoms with E-state index in [1.54, 1.807) is 48.2 Å². The second-order valence-corrected chi connectivity index (χ2v) is 8.69. The van der Waals surface area contributed by atoms with E-state index in [9.17, 15) is 13.2 Å². The van der Waals surface area contributed by atoms with Crippen LogP contribution in [0, 0.1) is 25.2 Å². The predicted octanol–water partition coefficient (Wildman–Crippen LogP) is 2.71. The lowest BCUT2D eigenvalue weighted by Gasteiger charge is -2.34. The van der Waals surface area contributed by atoms with Crippen molar-refractivity contribution in [2.24, 2.45) is 0 Å². The summed E-state index contributed by atoms with van der Waals surface area (Å²) in [6, 6.07) is 13.6. The number of piperazine rings is 1. The first kappa shape index (κ1) is 19.9. The molecule has 1 saturated heterocycles. The molecule has 1 fully saturated rings. The van der Waals surface area contributed by atoms with Gasteiger partial charge in [-0.3, -0.25) is 0 Å². The third-order valence-electron chi connectivity index (χ3n) is 4.74. The normalized spacial score (nSPS) is 15.1. The van der Waals surface area contributed by atoms with Crippen LogP contribution in [-0.4, -0.2) is 49.8 Å². The number of nitrogens with one attached hydrogen (secondary N) is 1. The maximum Gasteiger partial charge on any atom is 0.321 e. The van der Waals surface area contributed by atoms with Crippen molar-refractivity contribution < 1.29 is 13.2 Å². The zero-order chi connectivity index (χ0) is 20.3. The van der Waals surface area contributed by atoms with E-state index < -0.39 is 10.0 Å². The molecule has 28 heavy (non-hydrogen) atoms. The van der Waals surface area contributed by atoms with Gasteiger partial charge in [-0.15, -0.1) is 0 Å². The molecule has 0 unspecified atom stereocenters. The molecule has 0 saturated carbocycles. The highest BCUT2D eigenvalue weighted by molar-refractivity contribution is 7.89. The fourth-order valence-electron chi connectivity index (χ4n) is 3.19. The van der Waals surface area contributed by atoms with Crippen LogP contribution in [0.1, 0.15) is 16.7 Å². The molecule has 0 spiro atoms. The number of sulfonamides is 1. The van der Waals surface area contributed by atoms with Crippen LogP contribution >= 0.6 is 0 Å². The van der Waals surface area contributed by atoms with E-state index in [0.717, 1.165) is 11.1 Å². The zero-order valence-electron chi connectivity index (χ0n) is 15.8. The number of hydrogen-bond acceptors (Lipinski definition) is 4. The summed E-state index contributed by atoms with van der Waals surface area (Å²) in [6.45, 7) is 4.83. The predicted molar refractivity (Wildman–Crippen MR) is 106 cm³/mol. The summed E-state index contributed by atoms with van der Waals surface area (Å²) < 4.78 is 27.3. The van der Waals surface area contributed by atoms with Crippen molar-refractivity contribution in [1.82, 2.24) is 9.21 Å². The summed E-state index contributed by atoms with van der Waals surface area (Å²) in [5.41, 5.74) is 2.85. The molecule has 1 aliphatic rings. The monoisotopic (exact) mass is 398 g/mol. The van der Waals surface area contributed by atoms with E-state index in [2.05, 4.69) is 5.32 Å². The molecule has 2 aromatic carbocycles. The molecule has 0 radical (unpaired) electrons. The maximum atomic E-state index is 12.9. The number of aryl methyl sites for hydroxylation is 2. The molecule has 0 atom stereocenters. The fraction of sp³-hybridized carbons (Fsp3) is 0.300. The molecule has 3 rings (SSSR count). The minimum atomic E-state index is -3.58. The number of carbonyl (C=O) groups excluding carboxylic acids is 1. The molecule has 146 valence electrons. The molecule has 8 heteroatoms. The number of rotatable bonds is 3. The van der Waals surface area contributed by atoms with Crippen molar-refractivity contribution in [3.05, 3.63) is 59.2 Å². The Morgan fingerprint density at radius 2 is 1.68 bits per heavy atom. The SMILES string of the molecule is Cc1ccc(S(=O)(=O)N2CCN(C(=O)Nc3ccc(C#N)cc3)CC2)c(C)c1. The number of hydrogen-bond donors (Lipinski definition) is 1. The fourth-order valence-corrected chi connectivity index (χ4v) is 4.82.